The third-order valence-corrected chi connectivity index (χ3v) is 5.02. The lowest BCUT2D eigenvalue weighted by Gasteiger charge is -2.10. The highest BCUT2D eigenvalue weighted by Gasteiger charge is 2.09. The summed E-state index contributed by atoms with van der Waals surface area (Å²) in [4.78, 5) is 23.9. The van der Waals surface area contributed by atoms with Crippen LogP contribution in [0.2, 0.25) is 0 Å². The first kappa shape index (κ1) is 19.2. The fourth-order valence-electron chi connectivity index (χ4n) is 2.84. The van der Waals surface area contributed by atoms with Crippen molar-refractivity contribution < 1.29 is 13.9 Å². The predicted octanol–water partition coefficient (Wildman–Crippen LogP) is 4.83. The van der Waals surface area contributed by atoms with Crippen molar-refractivity contribution in [3.8, 4) is 5.75 Å². The lowest BCUT2D eigenvalue weighted by atomic mass is 10.1. The number of benzene rings is 2. The van der Waals surface area contributed by atoms with E-state index in [9.17, 15) is 9.59 Å². The minimum atomic E-state index is -0.383. The topological polar surface area (TPSA) is 68.5 Å². The molecular formula is C21H20BrNO4. The number of hydrogen-bond donors (Lipinski definition) is 1. The standard InChI is InChI=1S/C21H20BrNO4/c1-3-4-14-10-21(25)27-19-11-16(6-7-17(14)19)26-12-20(24)23-15-5-8-18(22)13(2)9-15/h5-11H,3-4,12H2,1-2H3,(H,23,24). The molecule has 1 amide bonds. The van der Waals surface area contributed by atoms with Crippen LogP contribution >= 0.6 is 15.9 Å². The lowest BCUT2D eigenvalue weighted by Crippen LogP contribution is -2.20. The van der Waals surface area contributed by atoms with Crippen molar-refractivity contribution in [3.05, 3.63) is 68.5 Å². The molecule has 0 spiro atoms. The largest absolute Gasteiger partial charge is 0.484 e. The molecule has 6 heteroatoms. The van der Waals surface area contributed by atoms with Gasteiger partial charge in [-0.1, -0.05) is 29.3 Å². The molecule has 0 aliphatic heterocycles. The van der Waals surface area contributed by atoms with Gasteiger partial charge in [0.2, 0.25) is 0 Å². The van der Waals surface area contributed by atoms with Crippen LogP contribution in [0.25, 0.3) is 11.0 Å². The number of nitrogens with one attached hydrogen (secondary N) is 1. The van der Waals surface area contributed by atoms with Crippen LogP contribution < -0.4 is 15.7 Å². The van der Waals surface area contributed by atoms with Crippen LogP contribution in [0.3, 0.4) is 0 Å². The Kier molecular flexibility index (Phi) is 5.96. The second-order valence-electron chi connectivity index (χ2n) is 6.30. The summed E-state index contributed by atoms with van der Waals surface area (Å²) in [5.74, 6) is 0.208. The SMILES string of the molecule is CCCc1cc(=O)oc2cc(OCC(=O)Nc3ccc(Br)c(C)c3)ccc12. The number of carbonyl (C=O) groups excluding carboxylic acids is 1. The van der Waals surface area contributed by atoms with Crippen molar-refractivity contribution in [2.45, 2.75) is 26.7 Å². The molecule has 1 N–H and O–H groups in total. The van der Waals surface area contributed by atoms with Gasteiger partial charge in [0, 0.05) is 27.7 Å². The summed E-state index contributed by atoms with van der Waals surface area (Å²) in [5, 5.41) is 3.68. The Balaban J connectivity index is 1.70. The Labute approximate surface area is 165 Å². The highest BCUT2D eigenvalue weighted by Crippen LogP contribution is 2.24. The number of halogens is 1. The summed E-state index contributed by atoms with van der Waals surface area (Å²) < 4.78 is 11.8. The van der Waals surface area contributed by atoms with Crippen molar-refractivity contribution in [1.82, 2.24) is 0 Å². The number of amides is 1. The van der Waals surface area contributed by atoms with E-state index in [4.69, 9.17) is 9.15 Å². The molecule has 3 aromatic rings. The maximum absolute atomic E-state index is 12.1. The predicted molar refractivity (Wildman–Crippen MR) is 109 cm³/mol. The molecule has 0 bridgehead atoms. The van der Waals surface area contributed by atoms with Gasteiger partial charge >= 0.3 is 5.63 Å². The molecule has 0 saturated heterocycles. The summed E-state index contributed by atoms with van der Waals surface area (Å²) in [6, 6.07) is 12.4. The van der Waals surface area contributed by atoms with Crippen molar-refractivity contribution in [2.75, 3.05) is 11.9 Å². The Morgan fingerprint density at radius 2 is 2.00 bits per heavy atom. The molecule has 0 atom stereocenters. The van der Waals surface area contributed by atoms with E-state index in [0.29, 0.717) is 17.0 Å². The van der Waals surface area contributed by atoms with Crippen molar-refractivity contribution in [2.24, 2.45) is 0 Å². The van der Waals surface area contributed by atoms with Gasteiger partial charge in [0.05, 0.1) is 0 Å². The molecule has 1 heterocycles. The summed E-state index contributed by atoms with van der Waals surface area (Å²) in [7, 11) is 0. The number of fused-ring (bicyclic) bond motifs is 1. The van der Waals surface area contributed by atoms with Crippen LogP contribution in [0.5, 0.6) is 5.75 Å². The fourth-order valence-corrected chi connectivity index (χ4v) is 3.09. The first-order valence-corrected chi connectivity index (χ1v) is 9.51. The van der Waals surface area contributed by atoms with Crippen LogP contribution in [0.15, 0.2) is 56.1 Å². The summed E-state index contributed by atoms with van der Waals surface area (Å²) >= 11 is 3.43. The number of aryl methyl sites for hydroxylation is 2. The maximum atomic E-state index is 12.1. The quantitative estimate of drug-likeness (QED) is 0.569. The van der Waals surface area contributed by atoms with Gasteiger partial charge in [0.25, 0.3) is 5.91 Å². The van der Waals surface area contributed by atoms with Crippen LogP contribution in [-0.4, -0.2) is 12.5 Å². The molecule has 1 aromatic heterocycles. The van der Waals surface area contributed by atoms with Gasteiger partial charge in [0.15, 0.2) is 6.61 Å². The van der Waals surface area contributed by atoms with Gasteiger partial charge < -0.3 is 14.5 Å². The normalized spacial score (nSPS) is 10.8. The zero-order valence-corrected chi connectivity index (χ0v) is 16.8. The van der Waals surface area contributed by atoms with Gasteiger partial charge in [-0.25, -0.2) is 4.79 Å². The van der Waals surface area contributed by atoms with Gasteiger partial charge in [0.1, 0.15) is 11.3 Å². The Morgan fingerprint density at radius 1 is 1.19 bits per heavy atom. The third kappa shape index (κ3) is 4.77. The second kappa shape index (κ2) is 8.39. The van der Waals surface area contributed by atoms with Crippen molar-refractivity contribution >= 4 is 38.5 Å². The number of hydrogen-bond acceptors (Lipinski definition) is 4. The summed E-state index contributed by atoms with van der Waals surface area (Å²) in [6.07, 6.45) is 1.74. The zero-order chi connectivity index (χ0) is 19.4. The summed E-state index contributed by atoms with van der Waals surface area (Å²) in [5.41, 5.74) is 2.77. The molecule has 0 aliphatic rings. The highest BCUT2D eigenvalue weighted by molar-refractivity contribution is 9.10. The smallest absolute Gasteiger partial charge is 0.336 e. The monoisotopic (exact) mass is 429 g/mol. The van der Waals surface area contributed by atoms with E-state index >= 15 is 0 Å². The molecule has 27 heavy (non-hydrogen) atoms. The van der Waals surface area contributed by atoms with Crippen LogP contribution in [0.1, 0.15) is 24.5 Å². The minimum Gasteiger partial charge on any atom is -0.484 e. The molecule has 0 unspecified atom stereocenters. The maximum Gasteiger partial charge on any atom is 0.336 e. The van der Waals surface area contributed by atoms with Gasteiger partial charge in [-0.3, -0.25) is 4.79 Å². The second-order valence-corrected chi connectivity index (χ2v) is 7.15. The van der Waals surface area contributed by atoms with Crippen molar-refractivity contribution in [3.63, 3.8) is 0 Å². The van der Waals surface area contributed by atoms with E-state index in [2.05, 4.69) is 28.2 Å². The average molecular weight is 430 g/mol. The van der Waals surface area contributed by atoms with E-state index < -0.39 is 0 Å². The van der Waals surface area contributed by atoms with Crippen LogP contribution in [-0.2, 0) is 11.2 Å². The van der Waals surface area contributed by atoms with E-state index in [-0.39, 0.29) is 18.1 Å². The molecule has 2 aromatic carbocycles. The van der Waals surface area contributed by atoms with Crippen molar-refractivity contribution in [1.29, 1.82) is 0 Å². The molecule has 0 fully saturated rings. The van der Waals surface area contributed by atoms with Gasteiger partial charge in [-0.2, -0.15) is 0 Å². The fraction of sp³-hybridized carbons (Fsp3) is 0.238. The lowest BCUT2D eigenvalue weighted by molar-refractivity contribution is -0.118. The first-order chi connectivity index (χ1) is 13.0. The van der Waals surface area contributed by atoms with E-state index in [1.54, 1.807) is 12.1 Å². The number of ether oxygens (including phenoxy) is 1. The average Bonchev–Trinajstić information content (AvgIpc) is 2.63. The van der Waals surface area contributed by atoms with Crippen LogP contribution in [0.4, 0.5) is 5.69 Å². The molecule has 0 saturated carbocycles. The van der Waals surface area contributed by atoms with Gasteiger partial charge in [-0.05, 0) is 54.8 Å². The molecule has 0 radical (unpaired) electrons. The number of anilines is 1. The molecule has 0 aliphatic carbocycles. The summed E-state index contributed by atoms with van der Waals surface area (Å²) in [6.45, 7) is 3.87. The highest BCUT2D eigenvalue weighted by atomic mass is 79.9. The van der Waals surface area contributed by atoms with E-state index in [1.165, 1.54) is 6.07 Å². The molecular weight excluding hydrogens is 410 g/mol. The Hall–Kier alpha value is -2.60. The molecule has 3 rings (SSSR count). The van der Waals surface area contributed by atoms with Gasteiger partial charge in [-0.15, -0.1) is 0 Å². The minimum absolute atomic E-state index is 0.139. The zero-order valence-electron chi connectivity index (χ0n) is 15.2. The Bertz CT molecular complexity index is 1040. The van der Waals surface area contributed by atoms with E-state index in [0.717, 1.165) is 33.8 Å². The third-order valence-electron chi connectivity index (χ3n) is 4.13. The number of carbonyl (C=O) groups is 1. The van der Waals surface area contributed by atoms with Crippen LogP contribution in [0, 0.1) is 6.92 Å². The molecule has 140 valence electrons. The number of rotatable bonds is 6. The van der Waals surface area contributed by atoms with E-state index in [1.807, 2.05) is 31.2 Å². The first-order valence-electron chi connectivity index (χ1n) is 8.72. The molecule has 5 nitrogen and oxygen atoms in total. The Morgan fingerprint density at radius 3 is 2.74 bits per heavy atom.